The molecule has 182 valence electrons. The van der Waals surface area contributed by atoms with Crippen LogP contribution >= 0.6 is 0 Å². The topological polar surface area (TPSA) is 50.7 Å². The summed E-state index contributed by atoms with van der Waals surface area (Å²) in [5, 5.41) is 0. The summed E-state index contributed by atoms with van der Waals surface area (Å²) in [4.78, 5) is 14.1. The highest BCUT2D eigenvalue weighted by Gasteiger charge is 2.43. The average molecular weight is 471 g/mol. The Hall–Kier alpha value is -2.96. The van der Waals surface area contributed by atoms with Crippen molar-refractivity contribution in [3.8, 4) is 5.75 Å². The van der Waals surface area contributed by atoms with Gasteiger partial charge in [0.25, 0.3) is 0 Å². The first-order valence-electron chi connectivity index (χ1n) is 12.7. The van der Waals surface area contributed by atoms with Crippen molar-refractivity contribution in [1.29, 1.82) is 0 Å². The largest absolute Gasteiger partial charge is 0.487 e. The summed E-state index contributed by atoms with van der Waals surface area (Å²) in [5.41, 5.74) is 5.23. The van der Waals surface area contributed by atoms with E-state index < -0.39 is 0 Å². The van der Waals surface area contributed by atoms with Gasteiger partial charge in [-0.25, -0.2) is 9.97 Å². The zero-order valence-electron chi connectivity index (χ0n) is 20.7. The van der Waals surface area contributed by atoms with E-state index in [9.17, 15) is 0 Å². The normalized spacial score (nSPS) is 20.8. The molecule has 3 aromatic rings. The van der Waals surface area contributed by atoms with Crippen molar-refractivity contribution in [3.63, 3.8) is 0 Å². The summed E-state index contributed by atoms with van der Waals surface area (Å²) in [5.74, 6) is 1.68. The zero-order valence-corrected chi connectivity index (χ0v) is 20.7. The molecule has 3 aliphatic heterocycles. The van der Waals surface area contributed by atoms with E-state index in [2.05, 4.69) is 77.3 Å². The maximum Gasteiger partial charge on any atom is 0.225 e. The van der Waals surface area contributed by atoms with Crippen molar-refractivity contribution in [2.24, 2.45) is 5.41 Å². The maximum absolute atomic E-state index is 6.10. The molecule has 6 nitrogen and oxygen atoms in total. The van der Waals surface area contributed by atoms with Crippen LogP contribution in [-0.2, 0) is 16.8 Å². The van der Waals surface area contributed by atoms with E-state index in [-0.39, 0.29) is 5.41 Å². The van der Waals surface area contributed by atoms with Crippen LogP contribution in [0.15, 0.2) is 60.8 Å². The number of ether oxygens (including phenoxy) is 2. The van der Waals surface area contributed by atoms with Crippen molar-refractivity contribution in [2.75, 3.05) is 51.3 Å². The Balaban J connectivity index is 1.08. The van der Waals surface area contributed by atoms with E-state index in [0.29, 0.717) is 25.2 Å². The summed E-state index contributed by atoms with van der Waals surface area (Å²) in [7, 11) is 2.21. The first-order valence-corrected chi connectivity index (χ1v) is 12.7. The Labute approximate surface area is 207 Å². The summed E-state index contributed by atoms with van der Waals surface area (Å²) in [6, 6.07) is 19.2. The molecule has 4 heterocycles. The summed E-state index contributed by atoms with van der Waals surface area (Å²) in [6.45, 7) is 8.52. The number of hydrogen-bond acceptors (Lipinski definition) is 6. The van der Waals surface area contributed by atoms with E-state index >= 15 is 0 Å². The highest BCUT2D eigenvalue weighted by Crippen LogP contribution is 2.41. The molecular weight excluding hydrogens is 436 g/mol. The van der Waals surface area contributed by atoms with Crippen LogP contribution in [-0.4, -0.2) is 61.3 Å². The van der Waals surface area contributed by atoms with Gasteiger partial charge < -0.3 is 19.3 Å². The molecule has 0 amide bonds. The lowest BCUT2D eigenvalue weighted by molar-refractivity contribution is -0.0380. The van der Waals surface area contributed by atoms with Gasteiger partial charge in [-0.1, -0.05) is 42.0 Å². The lowest BCUT2D eigenvalue weighted by atomic mass is 9.72. The van der Waals surface area contributed by atoms with Crippen LogP contribution < -0.4 is 9.64 Å². The van der Waals surface area contributed by atoms with E-state index in [1.807, 2.05) is 12.3 Å². The van der Waals surface area contributed by atoms with Gasteiger partial charge in [0.2, 0.25) is 5.95 Å². The number of rotatable bonds is 6. The molecule has 3 aliphatic rings. The SMILES string of the molecule is Cc1ccc(C2(c3ccc(OCc4ccnc(N5CCC6(CC5)CN(C)C6)n4)cc3)COC2)cc1. The number of likely N-dealkylation sites (tertiary alicyclic amines) is 1. The molecular formula is C29H34N4O2. The molecule has 6 rings (SSSR count). The lowest BCUT2D eigenvalue weighted by Crippen LogP contribution is -2.58. The van der Waals surface area contributed by atoms with Crippen LogP contribution in [0, 0.1) is 12.3 Å². The van der Waals surface area contributed by atoms with Gasteiger partial charge in [0, 0.05) is 32.4 Å². The highest BCUT2D eigenvalue weighted by molar-refractivity contribution is 5.44. The second kappa shape index (κ2) is 8.92. The van der Waals surface area contributed by atoms with Gasteiger partial charge in [-0.05, 0) is 61.6 Å². The minimum atomic E-state index is -0.0598. The molecule has 1 aromatic heterocycles. The number of anilines is 1. The highest BCUT2D eigenvalue weighted by atomic mass is 16.5. The summed E-state index contributed by atoms with van der Waals surface area (Å²) < 4.78 is 11.7. The number of piperidine rings is 1. The standard InChI is InChI=1S/C29H34N4O2/c1-22-3-5-23(6-4-22)29(20-34-21-29)24-7-9-26(10-8-24)35-17-25-11-14-30-27(31-25)33-15-12-28(13-16-33)18-32(2)19-28/h3-11,14H,12-13,15-21H2,1-2H3. The van der Waals surface area contributed by atoms with Crippen LogP contribution in [0.2, 0.25) is 0 Å². The first-order chi connectivity index (χ1) is 17.0. The molecule has 1 spiro atoms. The molecule has 0 N–H and O–H groups in total. The Bertz CT molecular complexity index is 1160. The van der Waals surface area contributed by atoms with Crippen LogP contribution in [0.25, 0.3) is 0 Å². The quantitative estimate of drug-likeness (QED) is 0.538. The first kappa shape index (κ1) is 22.5. The van der Waals surface area contributed by atoms with Gasteiger partial charge in [0.1, 0.15) is 12.4 Å². The van der Waals surface area contributed by atoms with Crippen LogP contribution in [0.4, 0.5) is 5.95 Å². The molecule has 0 bridgehead atoms. The predicted octanol–water partition coefficient (Wildman–Crippen LogP) is 4.21. The predicted molar refractivity (Wildman–Crippen MR) is 137 cm³/mol. The average Bonchev–Trinajstić information content (AvgIpc) is 2.84. The number of aromatic nitrogens is 2. The van der Waals surface area contributed by atoms with Crippen molar-refractivity contribution in [3.05, 3.63) is 83.2 Å². The minimum absolute atomic E-state index is 0.0598. The third-order valence-corrected chi connectivity index (χ3v) is 8.11. The molecule has 0 unspecified atom stereocenters. The third kappa shape index (κ3) is 4.30. The Morgan fingerprint density at radius 3 is 2.17 bits per heavy atom. The summed E-state index contributed by atoms with van der Waals surface area (Å²) in [6.07, 6.45) is 4.30. The molecule has 0 radical (unpaired) electrons. The molecule has 6 heteroatoms. The van der Waals surface area contributed by atoms with Crippen molar-refractivity contribution < 1.29 is 9.47 Å². The lowest BCUT2D eigenvalue weighted by Gasteiger charge is -2.52. The Morgan fingerprint density at radius 1 is 0.914 bits per heavy atom. The van der Waals surface area contributed by atoms with Gasteiger partial charge in [0.05, 0.1) is 24.3 Å². The maximum atomic E-state index is 6.10. The number of aryl methyl sites for hydroxylation is 1. The van der Waals surface area contributed by atoms with E-state index in [1.54, 1.807) is 0 Å². The van der Waals surface area contributed by atoms with E-state index in [0.717, 1.165) is 30.5 Å². The van der Waals surface area contributed by atoms with Crippen molar-refractivity contribution in [2.45, 2.75) is 31.8 Å². The van der Waals surface area contributed by atoms with Gasteiger partial charge in [-0.3, -0.25) is 0 Å². The fourth-order valence-electron chi connectivity index (χ4n) is 5.92. The molecule has 2 aromatic carbocycles. The van der Waals surface area contributed by atoms with Crippen molar-refractivity contribution >= 4 is 5.95 Å². The molecule has 3 fully saturated rings. The Morgan fingerprint density at radius 2 is 1.57 bits per heavy atom. The van der Waals surface area contributed by atoms with Gasteiger partial charge in [-0.2, -0.15) is 0 Å². The zero-order chi connectivity index (χ0) is 23.9. The Kier molecular flexibility index (Phi) is 5.73. The summed E-state index contributed by atoms with van der Waals surface area (Å²) >= 11 is 0. The van der Waals surface area contributed by atoms with E-state index in [4.69, 9.17) is 14.5 Å². The third-order valence-electron chi connectivity index (χ3n) is 8.11. The molecule has 3 saturated heterocycles. The number of nitrogens with zero attached hydrogens (tertiary/aromatic N) is 4. The van der Waals surface area contributed by atoms with Gasteiger partial charge in [-0.15, -0.1) is 0 Å². The van der Waals surface area contributed by atoms with Gasteiger partial charge >= 0.3 is 0 Å². The van der Waals surface area contributed by atoms with Crippen LogP contribution in [0.5, 0.6) is 5.75 Å². The minimum Gasteiger partial charge on any atom is -0.487 e. The van der Waals surface area contributed by atoms with Gasteiger partial charge in [0.15, 0.2) is 0 Å². The molecule has 35 heavy (non-hydrogen) atoms. The molecule has 0 aliphatic carbocycles. The van der Waals surface area contributed by atoms with E-state index in [1.165, 1.54) is 42.6 Å². The fraction of sp³-hybridized carbons (Fsp3) is 0.448. The van der Waals surface area contributed by atoms with Crippen LogP contribution in [0.3, 0.4) is 0 Å². The second-order valence-electron chi connectivity index (χ2n) is 10.8. The molecule has 0 saturated carbocycles. The van der Waals surface area contributed by atoms with Crippen LogP contribution in [0.1, 0.15) is 35.2 Å². The smallest absolute Gasteiger partial charge is 0.225 e. The monoisotopic (exact) mass is 470 g/mol. The number of benzene rings is 2. The number of hydrogen-bond donors (Lipinski definition) is 0. The molecule has 0 atom stereocenters. The fourth-order valence-corrected chi connectivity index (χ4v) is 5.92. The van der Waals surface area contributed by atoms with Crippen molar-refractivity contribution in [1.82, 2.24) is 14.9 Å². The second-order valence-corrected chi connectivity index (χ2v) is 10.8.